The summed E-state index contributed by atoms with van der Waals surface area (Å²) < 4.78 is 4.92. The molecular weight excluding hydrogens is 268 g/mol. The summed E-state index contributed by atoms with van der Waals surface area (Å²) in [6.45, 7) is 8.96. The van der Waals surface area contributed by atoms with Crippen molar-refractivity contribution in [1.82, 2.24) is 0 Å². The Labute approximate surface area is 126 Å². The Morgan fingerprint density at radius 3 is 2.71 bits per heavy atom. The van der Waals surface area contributed by atoms with E-state index < -0.39 is 5.60 Å². The Morgan fingerprint density at radius 1 is 1.38 bits per heavy atom. The molecule has 4 nitrogen and oxygen atoms in total. The van der Waals surface area contributed by atoms with E-state index in [1.165, 1.54) is 13.5 Å². The molecule has 0 amide bonds. The lowest BCUT2D eigenvalue weighted by Gasteiger charge is -2.65. The van der Waals surface area contributed by atoms with Crippen molar-refractivity contribution >= 4 is 5.97 Å². The van der Waals surface area contributed by atoms with Gasteiger partial charge in [0.05, 0.1) is 13.5 Å². The smallest absolute Gasteiger partial charge is 0.308 e. The second-order valence-corrected chi connectivity index (χ2v) is 7.81. The first kappa shape index (κ1) is 15.0. The van der Waals surface area contributed by atoms with Gasteiger partial charge in [-0.1, -0.05) is 33.3 Å². The van der Waals surface area contributed by atoms with Crippen molar-refractivity contribution in [3.05, 3.63) is 11.6 Å². The summed E-state index contributed by atoms with van der Waals surface area (Å²) >= 11 is 0. The second-order valence-electron chi connectivity index (χ2n) is 7.81. The third-order valence-corrected chi connectivity index (χ3v) is 6.27. The van der Waals surface area contributed by atoms with Gasteiger partial charge in [0.15, 0.2) is 0 Å². The summed E-state index contributed by atoms with van der Waals surface area (Å²) in [6, 6.07) is 0. The molecule has 0 aromatic heterocycles. The van der Waals surface area contributed by atoms with Gasteiger partial charge in [-0.3, -0.25) is 4.79 Å². The summed E-state index contributed by atoms with van der Waals surface area (Å²) in [6.07, 6.45) is 5.78. The molecule has 4 aliphatic rings. The number of ether oxygens (including phenoxy) is 1. The van der Waals surface area contributed by atoms with Gasteiger partial charge in [-0.25, -0.2) is 9.78 Å². The van der Waals surface area contributed by atoms with Crippen molar-refractivity contribution in [3.8, 4) is 0 Å². The standard InChI is InChI=1S/C17H26O4/c1-11-9-12-14-15(2,3)7-6-8-16(14,4)17(11,21-20-12)10-13(18)19-5/h9,12,14H,6-8,10H2,1-5H3/t12-,14?,16-,17-/m0/s1. The third kappa shape index (κ3) is 1.85. The lowest BCUT2D eigenvalue weighted by atomic mass is 9.45. The van der Waals surface area contributed by atoms with Crippen LogP contribution in [0.5, 0.6) is 0 Å². The van der Waals surface area contributed by atoms with E-state index in [1.807, 2.05) is 0 Å². The first-order chi connectivity index (χ1) is 9.77. The van der Waals surface area contributed by atoms with Crippen LogP contribution in [-0.2, 0) is 19.3 Å². The van der Waals surface area contributed by atoms with E-state index >= 15 is 0 Å². The van der Waals surface area contributed by atoms with Crippen LogP contribution in [0.1, 0.15) is 53.4 Å². The highest BCUT2D eigenvalue weighted by atomic mass is 17.2. The zero-order valence-electron chi connectivity index (χ0n) is 13.7. The third-order valence-electron chi connectivity index (χ3n) is 6.27. The molecule has 0 aromatic rings. The molecule has 0 spiro atoms. The van der Waals surface area contributed by atoms with Gasteiger partial charge in [0.2, 0.25) is 0 Å². The predicted octanol–water partition coefficient (Wildman–Crippen LogP) is 3.41. The lowest BCUT2D eigenvalue weighted by molar-refractivity contribution is -0.457. The monoisotopic (exact) mass is 294 g/mol. The molecule has 4 rings (SSSR count). The fraction of sp³-hybridized carbons (Fsp3) is 0.824. The minimum Gasteiger partial charge on any atom is -0.469 e. The molecule has 1 unspecified atom stereocenters. The highest BCUT2D eigenvalue weighted by Gasteiger charge is 2.68. The van der Waals surface area contributed by atoms with Crippen molar-refractivity contribution in [2.45, 2.75) is 65.1 Å². The first-order valence-electron chi connectivity index (χ1n) is 7.87. The zero-order valence-corrected chi connectivity index (χ0v) is 13.7. The average molecular weight is 294 g/mol. The maximum absolute atomic E-state index is 12.0. The molecule has 4 heteroatoms. The predicted molar refractivity (Wildman–Crippen MR) is 78.3 cm³/mol. The minimum absolute atomic E-state index is 0.00942. The summed E-state index contributed by atoms with van der Waals surface area (Å²) in [4.78, 5) is 23.5. The topological polar surface area (TPSA) is 44.8 Å². The summed E-state index contributed by atoms with van der Waals surface area (Å²) in [5, 5.41) is 0. The van der Waals surface area contributed by atoms with Gasteiger partial charge >= 0.3 is 5.97 Å². The van der Waals surface area contributed by atoms with Gasteiger partial charge in [-0.2, -0.15) is 0 Å². The van der Waals surface area contributed by atoms with Crippen LogP contribution < -0.4 is 0 Å². The molecule has 1 saturated carbocycles. The Balaban J connectivity index is 2.11. The summed E-state index contributed by atoms with van der Waals surface area (Å²) in [7, 11) is 1.43. The average Bonchev–Trinajstić information content (AvgIpc) is 2.39. The van der Waals surface area contributed by atoms with Gasteiger partial charge < -0.3 is 4.74 Å². The van der Waals surface area contributed by atoms with E-state index in [0.717, 1.165) is 18.4 Å². The highest BCUT2D eigenvalue weighted by Crippen LogP contribution is 2.66. The Kier molecular flexibility index (Phi) is 3.27. The van der Waals surface area contributed by atoms with Gasteiger partial charge in [0.25, 0.3) is 0 Å². The van der Waals surface area contributed by atoms with Crippen molar-refractivity contribution in [2.24, 2.45) is 16.7 Å². The van der Waals surface area contributed by atoms with Crippen LogP contribution in [0.25, 0.3) is 0 Å². The van der Waals surface area contributed by atoms with E-state index in [0.29, 0.717) is 5.92 Å². The normalized spacial score (nSPS) is 44.0. The van der Waals surface area contributed by atoms with E-state index in [-0.39, 0.29) is 29.3 Å². The SMILES string of the molecule is COC(=O)C[C@]12OO[C@@H](C=C1C)C1C(C)(C)CCC[C@@]12C. The number of rotatable bonds is 2. The van der Waals surface area contributed by atoms with Crippen LogP contribution in [-0.4, -0.2) is 24.8 Å². The van der Waals surface area contributed by atoms with Crippen LogP contribution >= 0.6 is 0 Å². The van der Waals surface area contributed by atoms with Gasteiger partial charge in [0.1, 0.15) is 11.7 Å². The van der Waals surface area contributed by atoms with Crippen molar-refractivity contribution in [2.75, 3.05) is 7.11 Å². The minimum atomic E-state index is -0.683. The van der Waals surface area contributed by atoms with Crippen LogP contribution in [0.3, 0.4) is 0 Å². The fourth-order valence-electron chi connectivity index (χ4n) is 5.30. The quantitative estimate of drug-likeness (QED) is 0.445. The molecule has 21 heavy (non-hydrogen) atoms. The maximum Gasteiger partial charge on any atom is 0.308 e. The molecule has 0 aromatic carbocycles. The number of esters is 1. The number of hydrogen-bond donors (Lipinski definition) is 0. The molecule has 4 atom stereocenters. The zero-order chi connectivity index (χ0) is 15.5. The highest BCUT2D eigenvalue weighted by molar-refractivity contribution is 5.72. The molecular formula is C17H26O4. The Hall–Kier alpha value is -0.870. The molecule has 0 radical (unpaired) electrons. The van der Waals surface area contributed by atoms with Crippen LogP contribution in [0.4, 0.5) is 0 Å². The van der Waals surface area contributed by atoms with E-state index in [2.05, 4.69) is 33.8 Å². The van der Waals surface area contributed by atoms with Crippen molar-refractivity contribution < 1.29 is 19.3 Å². The molecule has 2 heterocycles. The van der Waals surface area contributed by atoms with Crippen molar-refractivity contribution in [3.63, 3.8) is 0 Å². The molecule has 1 saturated heterocycles. The molecule has 118 valence electrons. The number of fused-ring (bicyclic) bond motifs is 1. The van der Waals surface area contributed by atoms with Gasteiger partial charge in [-0.15, -0.1) is 0 Å². The summed E-state index contributed by atoms with van der Waals surface area (Å²) in [5.74, 6) is 0.121. The van der Waals surface area contributed by atoms with E-state index in [1.54, 1.807) is 0 Å². The second kappa shape index (κ2) is 4.56. The van der Waals surface area contributed by atoms with Crippen LogP contribution in [0.2, 0.25) is 0 Å². The van der Waals surface area contributed by atoms with Gasteiger partial charge in [0, 0.05) is 11.3 Å². The number of carbonyl (C=O) groups excluding carboxylic acids is 1. The molecule has 0 N–H and O–H groups in total. The van der Waals surface area contributed by atoms with E-state index in [9.17, 15) is 4.79 Å². The van der Waals surface area contributed by atoms with Gasteiger partial charge in [-0.05, 0) is 30.8 Å². The molecule has 2 aliphatic carbocycles. The van der Waals surface area contributed by atoms with E-state index in [4.69, 9.17) is 14.5 Å². The fourth-order valence-corrected chi connectivity index (χ4v) is 5.30. The van der Waals surface area contributed by atoms with Crippen molar-refractivity contribution in [1.29, 1.82) is 0 Å². The number of hydrogen-bond acceptors (Lipinski definition) is 4. The number of carbonyl (C=O) groups is 1. The first-order valence-corrected chi connectivity index (χ1v) is 7.87. The molecule has 2 fully saturated rings. The Bertz CT molecular complexity index is 495. The molecule has 2 aliphatic heterocycles. The number of methoxy groups -OCH3 is 1. The summed E-state index contributed by atoms with van der Waals surface area (Å²) in [5.41, 5.74) is 0.516. The lowest BCUT2D eigenvalue weighted by Crippen LogP contribution is -2.68. The largest absolute Gasteiger partial charge is 0.469 e. The maximum atomic E-state index is 12.0. The van der Waals surface area contributed by atoms with Crippen LogP contribution in [0.15, 0.2) is 11.6 Å². The van der Waals surface area contributed by atoms with Crippen LogP contribution in [0, 0.1) is 16.7 Å². The molecule has 2 bridgehead atoms. The Morgan fingerprint density at radius 2 is 2.10 bits per heavy atom.